The molecule has 1 atom stereocenters. The Morgan fingerprint density at radius 3 is 2.41 bits per heavy atom. The Bertz CT molecular complexity index is 1120. The van der Waals surface area contributed by atoms with Crippen molar-refractivity contribution in [2.75, 3.05) is 53.0 Å². The second-order valence-electron chi connectivity index (χ2n) is 10.1. The van der Waals surface area contributed by atoms with E-state index in [4.69, 9.17) is 14.6 Å². The fraction of sp³-hybridized carbons (Fsp3) is 0.483. The van der Waals surface area contributed by atoms with Crippen LogP contribution in [0.1, 0.15) is 42.0 Å². The lowest BCUT2D eigenvalue weighted by molar-refractivity contribution is -0.142. The molecule has 2 aromatic rings. The molecule has 1 saturated heterocycles. The van der Waals surface area contributed by atoms with E-state index in [1.54, 1.807) is 17.0 Å². The highest BCUT2D eigenvalue weighted by Gasteiger charge is 2.38. The molecule has 2 heterocycles. The van der Waals surface area contributed by atoms with Gasteiger partial charge in [-0.15, -0.1) is 0 Å². The smallest absolute Gasteiger partial charge is 0.262 e. The van der Waals surface area contributed by atoms with Gasteiger partial charge in [0.15, 0.2) is 0 Å². The maximum Gasteiger partial charge on any atom is 0.262 e. The molecule has 1 unspecified atom stereocenters. The Hall–Kier alpha value is -3.23. The van der Waals surface area contributed by atoms with Gasteiger partial charge < -0.3 is 14.4 Å². The van der Waals surface area contributed by atoms with Crippen LogP contribution in [-0.2, 0) is 14.3 Å². The maximum absolute atomic E-state index is 13.8. The van der Waals surface area contributed by atoms with E-state index < -0.39 is 0 Å². The van der Waals surface area contributed by atoms with E-state index in [9.17, 15) is 9.59 Å². The minimum absolute atomic E-state index is 0.0431. The number of hydrazone groups is 1. The van der Waals surface area contributed by atoms with Gasteiger partial charge in [0.25, 0.3) is 5.91 Å². The van der Waals surface area contributed by atoms with Crippen molar-refractivity contribution in [3.8, 4) is 5.75 Å². The summed E-state index contributed by atoms with van der Waals surface area (Å²) in [7, 11) is 1.64. The van der Waals surface area contributed by atoms with Crippen molar-refractivity contribution < 1.29 is 19.1 Å². The number of amides is 2. The molecule has 2 fully saturated rings. The van der Waals surface area contributed by atoms with Crippen LogP contribution in [0.4, 0.5) is 0 Å². The monoisotopic (exact) mass is 504 g/mol. The van der Waals surface area contributed by atoms with Gasteiger partial charge in [0.05, 0.1) is 32.1 Å². The first-order valence-electron chi connectivity index (χ1n) is 13.2. The summed E-state index contributed by atoms with van der Waals surface area (Å²) in [5.74, 6) is 0.777. The molecule has 2 amide bonds. The van der Waals surface area contributed by atoms with Gasteiger partial charge in [0.2, 0.25) is 5.91 Å². The van der Waals surface area contributed by atoms with Crippen LogP contribution in [0.3, 0.4) is 0 Å². The number of nitrogens with zero attached hydrogens (tertiary/aromatic N) is 4. The van der Waals surface area contributed by atoms with E-state index in [-0.39, 0.29) is 30.3 Å². The second kappa shape index (κ2) is 11.4. The summed E-state index contributed by atoms with van der Waals surface area (Å²) in [6, 6.07) is 15.8. The van der Waals surface area contributed by atoms with Crippen LogP contribution in [0.2, 0.25) is 0 Å². The molecule has 8 nitrogen and oxygen atoms in total. The number of carbonyl (C=O) groups is 2. The molecule has 2 aliphatic heterocycles. The summed E-state index contributed by atoms with van der Waals surface area (Å²) in [6.45, 7) is 6.52. The Morgan fingerprint density at radius 2 is 1.76 bits per heavy atom. The number of rotatable bonds is 9. The molecule has 0 N–H and O–H groups in total. The van der Waals surface area contributed by atoms with Crippen molar-refractivity contribution in [3.05, 3.63) is 65.2 Å². The number of ether oxygens (including phenoxy) is 2. The van der Waals surface area contributed by atoms with Crippen LogP contribution < -0.4 is 4.74 Å². The van der Waals surface area contributed by atoms with Gasteiger partial charge in [0, 0.05) is 38.5 Å². The first-order chi connectivity index (χ1) is 18.0. The van der Waals surface area contributed by atoms with E-state index in [0.717, 1.165) is 55.1 Å². The highest BCUT2D eigenvalue weighted by Crippen LogP contribution is 2.34. The molecular formula is C29H36N4O4. The Labute approximate surface area is 218 Å². The Morgan fingerprint density at radius 1 is 1.05 bits per heavy atom. The summed E-state index contributed by atoms with van der Waals surface area (Å²) >= 11 is 0. The van der Waals surface area contributed by atoms with Crippen molar-refractivity contribution >= 4 is 17.5 Å². The van der Waals surface area contributed by atoms with Gasteiger partial charge in [-0.3, -0.25) is 14.5 Å². The second-order valence-corrected chi connectivity index (χ2v) is 10.1. The summed E-state index contributed by atoms with van der Waals surface area (Å²) in [4.78, 5) is 30.9. The van der Waals surface area contributed by atoms with Crippen LogP contribution in [0.25, 0.3) is 0 Å². The largest absolute Gasteiger partial charge is 0.497 e. The molecule has 3 aliphatic rings. The number of hydrogen-bond acceptors (Lipinski definition) is 6. The number of carbonyl (C=O) groups excluding carboxylic acids is 2. The molecule has 5 rings (SSSR count). The third-order valence-electron chi connectivity index (χ3n) is 7.41. The number of morpholine rings is 1. The minimum atomic E-state index is -0.206. The average Bonchev–Trinajstić information content (AvgIpc) is 3.69. The van der Waals surface area contributed by atoms with Crippen molar-refractivity contribution in [1.82, 2.24) is 14.8 Å². The zero-order valence-electron chi connectivity index (χ0n) is 21.8. The highest BCUT2D eigenvalue weighted by molar-refractivity contribution is 6.03. The first-order valence-corrected chi connectivity index (χ1v) is 13.2. The molecule has 0 aromatic heterocycles. The van der Waals surface area contributed by atoms with Gasteiger partial charge in [0.1, 0.15) is 12.3 Å². The van der Waals surface area contributed by atoms with E-state index in [0.29, 0.717) is 26.2 Å². The molecule has 0 radical (unpaired) electrons. The molecule has 37 heavy (non-hydrogen) atoms. The first kappa shape index (κ1) is 25.4. The SMILES string of the molecule is COc1ccc(C2=NN(C(=O)CN(CCN3CCOCC3)C(=O)C3CC3)C(c3ccc(C)cc3)C2)cc1. The fourth-order valence-electron chi connectivity index (χ4n) is 4.92. The standard InChI is InChI=1S/C29H36N4O4/c1-21-3-5-23(6-4-21)27-19-26(22-9-11-25(36-2)12-10-22)30-33(27)28(34)20-32(29(35)24-7-8-24)14-13-31-15-17-37-18-16-31/h3-6,9-12,24,27H,7-8,13-20H2,1-2H3. The van der Waals surface area contributed by atoms with E-state index in [2.05, 4.69) is 36.1 Å². The number of benzene rings is 2. The number of hydrogen-bond donors (Lipinski definition) is 0. The van der Waals surface area contributed by atoms with Gasteiger partial charge in [-0.1, -0.05) is 29.8 Å². The van der Waals surface area contributed by atoms with Crippen LogP contribution in [-0.4, -0.2) is 85.4 Å². The van der Waals surface area contributed by atoms with Crippen molar-refractivity contribution in [2.24, 2.45) is 11.0 Å². The predicted molar refractivity (Wildman–Crippen MR) is 141 cm³/mol. The van der Waals surface area contributed by atoms with E-state index in [1.807, 2.05) is 24.3 Å². The lowest BCUT2D eigenvalue weighted by atomic mass is 9.97. The van der Waals surface area contributed by atoms with Crippen LogP contribution in [0.15, 0.2) is 53.6 Å². The maximum atomic E-state index is 13.8. The summed E-state index contributed by atoms with van der Waals surface area (Å²) in [6.07, 6.45) is 2.44. The van der Waals surface area contributed by atoms with Crippen LogP contribution in [0, 0.1) is 12.8 Å². The van der Waals surface area contributed by atoms with Crippen LogP contribution in [0.5, 0.6) is 5.75 Å². The Balaban J connectivity index is 1.35. The number of aryl methyl sites for hydroxylation is 1. The van der Waals surface area contributed by atoms with Crippen molar-refractivity contribution in [3.63, 3.8) is 0 Å². The third kappa shape index (κ3) is 6.19. The summed E-state index contributed by atoms with van der Waals surface area (Å²) < 4.78 is 10.7. The molecule has 1 aliphatic carbocycles. The molecule has 1 saturated carbocycles. The average molecular weight is 505 g/mol. The van der Waals surface area contributed by atoms with Crippen LogP contribution >= 0.6 is 0 Å². The van der Waals surface area contributed by atoms with Gasteiger partial charge >= 0.3 is 0 Å². The van der Waals surface area contributed by atoms with E-state index >= 15 is 0 Å². The molecular weight excluding hydrogens is 468 g/mol. The fourth-order valence-corrected chi connectivity index (χ4v) is 4.92. The zero-order chi connectivity index (χ0) is 25.8. The predicted octanol–water partition coefficient (Wildman–Crippen LogP) is 3.25. The molecule has 8 heteroatoms. The lowest BCUT2D eigenvalue weighted by Gasteiger charge is -2.31. The zero-order valence-corrected chi connectivity index (χ0v) is 21.8. The molecule has 0 bridgehead atoms. The van der Waals surface area contributed by atoms with E-state index in [1.165, 1.54) is 5.56 Å². The van der Waals surface area contributed by atoms with Crippen molar-refractivity contribution in [2.45, 2.75) is 32.2 Å². The highest BCUT2D eigenvalue weighted by atomic mass is 16.5. The number of methoxy groups -OCH3 is 1. The molecule has 196 valence electrons. The quantitative estimate of drug-likeness (QED) is 0.524. The van der Waals surface area contributed by atoms with Gasteiger partial charge in [-0.25, -0.2) is 5.01 Å². The van der Waals surface area contributed by atoms with Crippen molar-refractivity contribution in [1.29, 1.82) is 0 Å². The molecule has 0 spiro atoms. The third-order valence-corrected chi connectivity index (χ3v) is 7.41. The van der Waals surface area contributed by atoms with Gasteiger partial charge in [-0.2, -0.15) is 5.10 Å². The summed E-state index contributed by atoms with van der Waals surface area (Å²) in [5, 5.41) is 6.41. The summed E-state index contributed by atoms with van der Waals surface area (Å²) in [5.41, 5.74) is 4.03. The normalized spacial score (nSPS) is 20.0. The molecule has 2 aromatic carbocycles. The topological polar surface area (TPSA) is 74.7 Å². The lowest BCUT2D eigenvalue weighted by Crippen LogP contribution is -2.47. The Kier molecular flexibility index (Phi) is 7.86. The van der Waals surface area contributed by atoms with Gasteiger partial charge in [-0.05, 0) is 55.2 Å². The minimum Gasteiger partial charge on any atom is -0.497 e.